The van der Waals surface area contributed by atoms with Crippen molar-refractivity contribution in [3.8, 4) is 0 Å². The van der Waals surface area contributed by atoms with E-state index in [1.54, 1.807) is 13.2 Å². The highest BCUT2D eigenvalue weighted by molar-refractivity contribution is 9.10. The van der Waals surface area contributed by atoms with Gasteiger partial charge in [0.15, 0.2) is 0 Å². The molecular formula is C10H15BrN4O. The molecule has 1 atom stereocenters. The molecular weight excluding hydrogens is 272 g/mol. The van der Waals surface area contributed by atoms with Crippen molar-refractivity contribution in [1.29, 1.82) is 0 Å². The highest BCUT2D eigenvalue weighted by Gasteiger charge is 2.28. The SMILES string of the molecule is Cn1ncc(NCC(N)C2CC2)c(Br)c1=O. The summed E-state index contributed by atoms with van der Waals surface area (Å²) in [6.07, 6.45) is 4.07. The van der Waals surface area contributed by atoms with Crippen molar-refractivity contribution >= 4 is 21.6 Å². The van der Waals surface area contributed by atoms with Crippen LogP contribution in [0.25, 0.3) is 0 Å². The molecule has 6 heteroatoms. The summed E-state index contributed by atoms with van der Waals surface area (Å²) < 4.78 is 1.80. The number of rotatable bonds is 4. The van der Waals surface area contributed by atoms with E-state index in [9.17, 15) is 4.79 Å². The summed E-state index contributed by atoms with van der Waals surface area (Å²) in [5.41, 5.74) is 6.52. The van der Waals surface area contributed by atoms with Crippen molar-refractivity contribution < 1.29 is 0 Å². The van der Waals surface area contributed by atoms with Gasteiger partial charge in [0, 0.05) is 19.6 Å². The Morgan fingerprint density at radius 3 is 3.06 bits per heavy atom. The maximum absolute atomic E-state index is 11.6. The second-order valence-corrected chi connectivity index (χ2v) is 4.98. The Labute approximate surface area is 102 Å². The minimum Gasteiger partial charge on any atom is -0.381 e. The Bertz CT molecular complexity index is 441. The monoisotopic (exact) mass is 286 g/mol. The van der Waals surface area contributed by atoms with E-state index in [4.69, 9.17) is 5.73 Å². The molecule has 0 bridgehead atoms. The van der Waals surface area contributed by atoms with Crippen molar-refractivity contribution in [3.05, 3.63) is 21.0 Å². The first-order valence-corrected chi connectivity index (χ1v) is 6.10. The number of nitrogens with one attached hydrogen (secondary N) is 1. The zero-order valence-electron chi connectivity index (χ0n) is 9.11. The molecule has 0 spiro atoms. The molecule has 1 fully saturated rings. The number of halogens is 1. The third-order valence-corrected chi connectivity index (χ3v) is 3.60. The Kier molecular flexibility index (Phi) is 3.30. The van der Waals surface area contributed by atoms with Crippen LogP contribution in [-0.4, -0.2) is 22.4 Å². The van der Waals surface area contributed by atoms with E-state index in [0.29, 0.717) is 22.6 Å². The molecule has 1 saturated carbocycles. The lowest BCUT2D eigenvalue weighted by Crippen LogP contribution is -2.32. The standard InChI is InChI=1S/C10H15BrN4O/c1-15-10(16)9(11)8(5-14-15)13-4-7(12)6-2-3-6/h5-7,13H,2-4,12H2,1H3. The Morgan fingerprint density at radius 2 is 2.44 bits per heavy atom. The summed E-state index contributed by atoms with van der Waals surface area (Å²) in [5.74, 6) is 0.644. The van der Waals surface area contributed by atoms with Crippen molar-refractivity contribution in [2.24, 2.45) is 18.7 Å². The van der Waals surface area contributed by atoms with Crippen LogP contribution in [0, 0.1) is 5.92 Å². The molecule has 2 rings (SSSR count). The van der Waals surface area contributed by atoms with Crippen LogP contribution < -0.4 is 16.6 Å². The second-order valence-electron chi connectivity index (χ2n) is 4.18. The van der Waals surface area contributed by atoms with Gasteiger partial charge in [0.2, 0.25) is 0 Å². The highest BCUT2D eigenvalue weighted by Crippen LogP contribution is 2.31. The minimum atomic E-state index is -0.148. The molecule has 0 radical (unpaired) electrons. The summed E-state index contributed by atoms with van der Waals surface area (Å²) >= 11 is 3.26. The van der Waals surface area contributed by atoms with Gasteiger partial charge in [-0.3, -0.25) is 4.79 Å². The first-order chi connectivity index (χ1) is 7.59. The number of aryl methyl sites for hydroxylation is 1. The minimum absolute atomic E-state index is 0.148. The maximum atomic E-state index is 11.6. The molecule has 1 aromatic heterocycles. The number of anilines is 1. The molecule has 88 valence electrons. The van der Waals surface area contributed by atoms with E-state index in [2.05, 4.69) is 26.3 Å². The first-order valence-electron chi connectivity index (χ1n) is 5.31. The number of aromatic nitrogens is 2. The van der Waals surface area contributed by atoms with E-state index < -0.39 is 0 Å². The number of nitrogens with two attached hydrogens (primary N) is 1. The summed E-state index contributed by atoms with van der Waals surface area (Å²) in [7, 11) is 1.62. The molecule has 1 unspecified atom stereocenters. The lowest BCUT2D eigenvalue weighted by atomic mass is 10.2. The fraction of sp³-hybridized carbons (Fsp3) is 0.600. The van der Waals surface area contributed by atoms with Gasteiger partial charge in [-0.1, -0.05) is 0 Å². The highest BCUT2D eigenvalue weighted by atomic mass is 79.9. The maximum Gasteiger partial charge on any atom is 0.282 e. The summed E-state index contributed by atoms with van der Waals surface area (Å²) in [6, 6.07) is 0.163. The fourth-order valence-electron chi connectivity index (χ4n) is 1.55. The van der Waals surface area contributed by atoms with Gasteiger partial charge in [0.1, 0.15) is 4.47 Å². The molecule has 1 aliphatic carbocycles. The molecule has 0 saturated heterocycles. The van der Waals surface area contributed by atoms with Crippen molar-refractivity contribution in [3.63, 3.8) is 0 Å². The molecule has 3 N–H and O–H groups in total. The number of hydrogen-bond acceptors (Lipinski definition) is 4. The van der Waals surface area contributed by atoms with Gasteiger partial charge in [0.05, 0.1) is 11.9 Å². The van der Waals surface area contributed by atoms with Crippen LogP contribution in [0.1, 0.15) is 12.8 Å². The van der Waals surface area contributed by atoms with Crippen LogP contribution >= 0.6 is 15.9 Å². The number of nitrogens with zero attached hydrogens (tertiary/aromatic N) is 2. The zero-order chi connectivity index (χ0) is 11.7. The van der Waals surface area contributed by atoms with Crippen LogP contribution in [0.4, 0.5) is 5.69 Å². The van der Waals surface area contributed by atoms with E-state index in [0.717, 1.165) is 0 Å². The zero-order valence-corrected chi connectivity index (χ0v) is 10.7. The van der Waals surface area contributed by atoms with Crippen LogP contribution in [0.15, 0.2) is 15.5 Å². The second kappa shape index (κ2) is 4.55. The van der Waals surface area contributed by atoms with Crippen LogP contribution in [0.5, 0.6) is 0 Å². The number of hydrogen-bond donors (Lipinski definition) is 2. The van der Waals surface area contributed by atoms with Gasteiger partial charge in [-0.2, -0.15) is 5.10 Å². The van der Waals surface area contributed by atoms with Gasteiger partial charge >= 0.3 is 0 Å². The first kappa shape index (κ1) is 11.6. The van der Waals surface area contributed by atoms with E-state index in [1.165, 1.54) is 17.5 Å². The summed E-state index contributed by atoms with van der Waals surface area (Å²) in [4.78, 5) is 11.6. The van der Waals surface area contributed by atoms with E-state index >= 15 is 0 Å². The van der Waals surface area contributed by atoms with Crippen molar-refractivity contribution in [2.75, 3.05) is 11.9 Å². The molecule has 1 heterocycles. The molecule has 1 aromatic rings. The predicted molar refractivity (Wildman–Crippen MR) is 66.4 cm³/mol. The normalized spacial score (nSPS) is 17.2. The smallest absolute Gasteiger partial charge is 0.282 e. The topological polar surface area (TPSA) is 72.9 Å². The molecule has 16 heavy (non-hydrogen) atoms. The van der Waals surface area contributed by atoms with Gasteiger partial charge in [-0.25, -0.2) is 4.68 Å². The van der Waals surface area contributed by atoms with Crippen molar-refractivity contribution in [1.82, 2.24) is 9.78 Å². The van der Waals surface area contributed by atoms with Crippen LogP contribution in [0.3, 0.4) is 0 Å². The molecule has 0 amide bonds. The fourth-order valence-corrected chi connectivity index (χ4v) is 2.05. The summed E-state index contributed by atoms with van der Waals surface area (Å²) in [5, 5.41) is 7.10. The van der Waals surface area contributed by atoms with Gasteiger partial charge in [-0.15, -0.1) is 0 Å². The molecule has 1 aliphatic rings. The molecule has 0 aromatic carbocycles. The quantitative estimate of drug-likeness (QED) is 0.854. The van der Waals surface area contributed by atoms with E-state index in [1.807, 2.05) is 0 Å². The Balaban J connectivity index is 2.03. The lowest BCUT2D eigenvalue weighted by molar-refractivity contribution is 0.619. The summed E-state index contributed by atoms with van der Waals surface area (Å²) in [6.45, 7) is 0.679. The largest absolute Gasteiger partial charge is 0.381 e. The Morgan fingerprint density at radius 1 is 1.75 bits per heavy atom. The third-order valence-electron chi connectivity index (χ3n) is 2.83. The average molecular weight is 287 g/mol. The lowest BCUT2D eigenvalue weighted by Gasteiger charge is -2.13. The molecule has 5 nitrogen and oxygen atoms in total. The predicted octanol–water partition coefficient (Wildman–Crippen LogP) is 0.692. The molecule has 0 aliphatic heterocycles. The Hall–Kier alpha value is -0.880. The van der Waals surface area contributed by atoms with Crippen LogP contribution in [-0.2, 0) is 7.05 Å². The van der Waals surface area contributed by atoms with E-state index in [-0.39, 0.29) is 11.6 Å². The van der Waals surface area contributed by atoms with Crippen LogP contribution in [0.2, 0.25) is 0 Å². The van der Waals surface area contributed by atoms with Gasteiger partial charge in [0.25, 0.3) is 5.56 Å². The van der Waals surface area contributed by atoms with Gasteiger partial charge in [-0.05, 0) is 34.7 Å². The van der Waals surface area contributed by atoms with Crippen molar-refractivity contribution in [2.45, 2.75) is 18.9 Å². The van der Waals surface area contributed by atoms with Gasteiger partial charge < -0.3 is 11.1 Å². The third kappa shape index (κ3) is 2.44. The average Bonchev–Trinajstić information content (AvgIpc) is 3.08.